The van der Waals surface area contributed by atoms with Crippen molar-refractivity contribution in [1.82, 2.24) is 10.6 Å². The molecule has 182 valence electrons. The van der Waals surface area contributed by atoms with Crippen molar-refractivity contribution in [3.05, 3.63) is 114 Å². The van der Waals surface area contributed by atoms with E-state index in [2.05, 4.69) is 17.2 Å². The largest absolute Gasteiger partial charge is 0.375 e. The molecule has 3 rings (SSSR count). The Hall–Kier alpha value is -2.90. The van der Waals surface area contributed by atoms with Crippen molar-refractivity contribution in [3.63, 3.8) is 0 Å². The minimum Gasteiger partial charge on any atom is -0.375 e. The maximum atomic E-state index is 13.2. The minimum atomic E-state index is -1.08. The second-order valence-corrected chi connectivity index (χ2v) is 9.46. The van der Waals surface area contributed by atoms with Crippen molar-refractivity contribution in [2.75, 3.05) is 5.75 Å². The van der Waals surface area contributed by atoms with Gasteiger partial charge >= 0.3 is 0 Å². The molecule has 1 heterocycles. The molecule has 0 fully saturated rings. The van der Waals surface area contributed by atoms with E-state index in [1.54, 1.807) is 18.2 Å². The van der Waals surface area contributed by atoms with E-state index in [0.29, 0.717) is 17.2 Å². The molecule has 0 saturated heterocycles. The second kappa shape index (κ2) is 13.9. The predicted molar refractivity (Wildman–Crippen MR) is 146 cm³/mol. The van der Waals surface area contributed by atoms with Crippen molar-refractivity contribution < 1.29 is 14.7 Å². The highest BCUT2D eigenvalue weighted by Crippen LogP contribution is 2.29. The third-order valence-electron chi connectivity index (χ3n) is 5.46. The van der Waals surface area contributed by atoms with E-state index in [-0.39, 0.29) is 23.0 Å². The van der Waals surface area contributed by atoms with Gasteiger partial charge in [-0.2, -0.15) is 0 Å². The highest BCUT2D eigenvalue weighted by molar-refractivity contribution is 8.13. The van der Waals surface area contributed by atoms with Crippen molar-refractivity contribution >= 4 is 40.5 Å². The van der Waals surface area contributed by atoms with Gasteiger partial charge in [0.2, 0.25) is 11.0 Å². The average molecular weight is 509 g/mol. The third kappa shape index (κ3) is 8.67. The molecule has 0 spiro atoms. The van der Waals surface area contributed by atoms with Gasteiger partial charge in [-0.05, 0) is 24.1 Å². The maximum absolute atomic E-state index is 13.2. The molecule has 0 saturated carbocycles. The van der Waals surface area contributed by atoms with Crippen LogP contribution in [0.25, 0.3) is 6.08 Å². The van der Waals surface area contributed by atoms with Crippen molar-refractivity contribution in [2.24, 2.45) is 5.92 Å². The molecule has 1 aliphatic carbocycles. The number of hydrogen-bond acceptors (Lipinski definition) is 5. The van der Waals surface area contributed by atoms with Gasteiger partial charge in [0.05, 0.1) is 12.1 Å². The fourth-order valence-electron chi connectivity index (χ4n) is 3.77. The van der Waals surface area contributed by atoms with Gasteiger partial charge in [0.15, 0.2) is 0 Å². The Kier molecular flexibility index (Phi) is 10.6. The van der Waals surface area contributed by atoms with Gasteiger partial charge in [0.1, 0.15) is 6.23 Å². The zero-order valence-corrected chi connectivity index (χ0v) is 20.8. The Bertz CT molecular complexity index is 1090. The number of carbonyl (C=O) groups excluding carboxylic acids is 2. The normalized spacial score (nSPS) is 21.5. The lowest BCUT2D eigenvalue weighted by atomic mass is 9.82. The van der Waals surface area contributed by atoms with Gasteiger partial charge in [0.25, 0.3) is 0 Å². The quantitative estimate of drug-likeness (QED) is 0.299. The Morgan fingerprint density at radius 1 is 1.26 bits per heavy atom. The number of allylic oxidation sites excluding steroid dienone is 6. The Morgan fingerprint density at radius 3 is 2.80 bits per heavy atom. The number of benzene rings is 1. The van der Waals surface area contributed by atoms with Crippen molar-refractivity contribution in [1.29, 1.82) is 0 Å². The molecule has 2 aliphatic rings. The van der Waals surface area contributed by atoms with Crippen LogP contribution in [0, 0.1) is 5.92 Å². The first kappa shape index (κ1) is 26.7. The van der Waals surface area contributed by atoms with Crippen LogP contribution in [-0.4, -0.2) is 40.2 Å². The highest BCUT2D eigenvalue weighted by atomic mass is 35.5. The number of carbonyl (C=O) groups is 2. The molecule has 4 atom stereocenters. The second-order valence-electron chi connectivity index (χ2n) is 8.00. The molecule has 5 nitrogen and oxygen atoms in total. The van der Waals surface area contributed by atoms with Crippen LogP contribution in [-0.2, 0) is 9.59 Å². The number of thioether (sulfide) groups is 1. The van der Waals surface area contributed by atoms with Gasteiger partial charge in [0, 0.05) is 22.8 Å². The summed E-state index contributed by atoms with van der Waals surface area (Å²) >= 11 is 7.06. The topological polar surface area (TPSA) is 78.4 Å². The van der Waals surface area contributed by atoms with Gasteiger partial charge < -0.3 is 10.4 Å². The number of fused-ring (bicyclic) bond motifs is 1. The summed E-state index contributed by atoms with van der Waals surface area (Å²) in [5.74, 6) is 0.277. The van der Waals surface area contributed by atoms with Gasteiger partial charge in [-0.15, -0.1) is 0 Å². The summed E-state index contributed by atoms with van der Waals surface area (Å²) in [6.45, 7) is 3.57. The number of hydrogen-bond donors (Lipinski definition) is 3. The monoisotopic (exact) mass is 508 g/mol. The highest BCUT2D eigenvalue weighted by Gasteiger charge is 2.32. The summed E-state index contributed by atoms with van der Waals surface area (Å²) in [5, 5.41) is 16.7. The van der Waals surface area contributed by atoms with Gasteiger partial charge in [-0.1, -0.05) is 114 Å². The van der Waals surface area contributed by atoms with Crippen molar-refractivity contribution in [2.45, 2.75) is 24.7 Å². The zero-order valence-electron chi connectivity index (χ0n) is 19.2. The fourth-order valence-corrected chi connectivity index (χ4v) is 4.55. The lowest BCUT2D eigenvalue weighted by Crippen LogP contribution is -2.46. The molecule has 1 aromatic rings. The number of nitrogens with one attached hydrogen (secondary N) is 2. The van der Waals surface area contributed by atoms with Crippen LogP contribution >= 0.6 is 23.4 Å². The molecule has 0 radical (unpaired) electrons. The molecule has 3 N–H and O–H groups in total. The minimum absolute atomic E-state index is 0.0280. The molecule has 1 amide bonds. The van der Waals surface area contributed by atoms with E-state index < -0.39 is 12.3 Å². The van der Waals surface area contributed by atoms with E-state index in [1.807, 2.05) is 66.8 Å². The van der Waals surface area contributed by atoms with Crippen LogP contribution in [0.3, 0.4) is 0 Å². The average Bonchev–Trinajstić information content (AvgIpc) is 2.86. The van der Waals surface area contributed by atoms with Crippen LogP contribution < -0.4 is 10.6 Å². The first-order valence-corrected chi connectivity index (χ1v) is 12.7. The molecule has 7 heteroatoms. The molecule has 35 heavy (non-hydrogen) atoms. The molecule has 1 aliphatic heterocycles. The Labute approximate surface area is 215 Å². The summed E-state index contributed by atoms with van der Waals surface area (Å²) < 4.78 is 0. The molecular formula is C28H29ClN2O3S. The summed E-state index contributed by atoms with van der Waals surface area (Å²) in [6, 6.07) is 9.02. The molecule has 0 bridgehead atoms. The van der Waals surface area contributed by atoms with Crippen LogP contribution in [0.2, 0.25) is 0 Å². The van der Waals surface area contributed by atoms with Crippen LogP contribution in [0.1, 0.15) is 12.0 Å². The molecular weight excluding hydrogens is 480 g/mol. The smallest absolute Gasteiger partial charge is 0.244 e. The summed E-state index contributed by atoms with van der Waals surface area (Å²) in [6.07, 6.45) is 18.7. The van der Waals surface area contributed by atoms with Gasteiger partial charge in [-0.3, -0.25) is 14.9 Å². The Morgan fingerprint density at radius 2 is 2.03 bits per heavy atom. The van der Waals surface area contributed by atoms with Crippen LogP contribution in [0.15, 0.2) is 108 Å². The lowest BCUT2D eigenvalue weighted by Gasteiger charge is -2.32. The van der Waals surface area contributed by atoms with Crippen LogP contribution in [0.5, 0.6) is 0 Å². The maximum Gasteiger partial charge on any atom is 0.244 e. The van der Waals surface area contributed by atoms with E-state index in [1.165, 1.54) is 23.9 Å². The third-order valence-corrected chi connectivity index (χ3v) is 6.67. The number of aliphatic hydroxyl groups excluding tert-OH is 1. The van der Waals surface area contributed by atoms with E-state index in [4.69, 9.17) is 11.6 Å². The van der Waals surface area contributed by atoms with Gasteiger partial charge in [-0.25, -0.2) is 0 Å². The lowest BCUT2D eigenvalue weighted by molar-refractivity contribution is -0.118. The number of rotatable bonds is 11. The number of aliphatic hydroxyl groups is 1. The standard InChI is InChI=1S/C28H29ClN2O3S/c1-2-22(29)13-8-16-26(32)31-25(28(34)35-17-9-12-20-10-4-3-5-11-20)18-21-19-27(33)30-24-15-7-6-14-23(21)24/h2-16,19,23-26,31-32H,1,17-18H2,(H,30,33)/b12-9+,16-8+,22-13+. The fraction of sp³-hybridized carbons (Fsp3) is 0.214. The number of halogens is 1. The van der Waals surface area contributed by atoms with E-state index in [0.717, 1.165) is 11.1 Å². The van der Waals surface area contributed by atoms with Crippen LogP contribution in [0.4, 0.5) is 0 Å². The summed E-state index contributed by atoms with van der Waals surface area (Å²) in [4.78, 5) is 25.4. The van der Waals surface area contributed by atoms with E-state index in [9.17, 15) is 14.7 Å². The Balaban J connectivity index is 1.70. The molecule has 4 unspecified atom stereocenters. The van der Waals surface area contributed by atoms with E-state index >= 15 is 0 Å². The summed E-state index contributed by atoms with van der Waals surface area (Å²) in [7, 11) is 0. The summed E-state index contributed by atoms with van der Waals surface area (Å²) in [5.41, 5.74) is 1.90. The SMILES string of the molecule is C=C/C(Cl)=C\C=C\C(O)NC(CC1=CC(=O)NC2C=CC=CC12)C(=O)SC/C=C/c1ccccc1. The number of amides is 1. The molecule has 0 aromatic heterocycles. The molecule has 1 aromatic carbocycles. The van der Waals surface area contributed by atoms with Crippen molar-refractivity contribution in [3.8, 4) is 0 Å². The first-order chi connectivity index (χ1) is 17.0. The predicted octanol–water partition coefficient (Wildman–Crippen LogP) is 4.66. The zero-order chi connectivity index (χ0) is 25.0. The first-order valence-electron chi connectivity index (χ1n) is 11.3.